The summed E-state index contributed by atoms with van der Waals surface area (Å²) in [6.07, 6.45) is 0.548. The molecule has 104 valence electrons. The van der Waals surface area contributed by atoms with Gasteiger partial charge in [-0.15, -0.1) is 0 Å². The Balaban J connectivity index is 2.98. The average molecular weight is 283 g/mol. The van der Waals surface area contributed by atoms with Crippen LogP contribution < -0.4 is 10.5 Å². The van der Waals surface area contributed by atoms with Crippen molar-refractivity contribution in [3.63, 3.8) is 0 Å². The molecule has 0 fully saturated rings. The third-order valence-electron chi connectivity index (χ3n) is 2.52. The Morgan fingerprint density at radius 1 is 1.53 bits per heavy atom. The van der Waals surface area contributed by atoms with Crippen LogP contribution in [0.4, 0.5) is 5.69 Å². The Hall–Kier alpha value is -1.62. The van der Waals surface area contributed by atoms with Crippen molar-refractivity contribution in [1.29, 1.82) is 5.26 Å². The van der Waals surface area contributed by atoms with Gasteiger partial charge in [-0.1, -0.05) is 0 Å². The van der Waals surface area contributed by atoms with Crippen molar-refractivity contribution in [3.8, 4) is 6.07 Å². The molecule has 19 heavy (non-hydrogen) atoms. The van der Waals surface area contributed by atoms with Gasteiger partial charge in [-0.3, -0.25) is 0 Å². The zero-order valence-corrected chi connectivity index (χ0v) is 11.7. The molecule has 0 saturated heterocycles. The summed E-state index contributed by atoms with van der Waals surface area (Å²) in [4.78, 5) is -0.0616. The van der Waals surface area contributed by atoms with Crippen molar-refractivity contribution in [2.24, 2.45) is 0 Å². The fraction of sp³-hybridized carbons (Fsp3) is 0.417. The molecule has 0 aromatic heterocycles. The second-order valence-electron chi connectivity index (χ2n) is 4.17. The lowest BCUT2D eigenvalue weighted by Crippen LogP contribution is -2.33. The van der Waals surface area contributed by atoms with Crippen LogP contribution >= 0.6 is 0 Å². The van der Waals surface area contributed by atoms with E-state index in [0.29, 0.717) is 18.7 Å². The molecule has 7 heteroatoms. The number of hydrogen-bond donors (Lipinski definition) is 2. The normalized spacial score (nSPS) is 12.9. The van der Waals surface area contributed by atoms with Gasteiger partial charge in [0, 0.05) is 25.4 Å². The molecule has 0 aliphatic carbocycles. The third kappa shape index (κ3) is 4.21. The lowest BCUT2D eigenvalue weighted by Gasteiger charge is -2.14. The van der Waals surface area contributed by atoms with Gasteiger partial charge < -0.3 is 10.5 Å². The van der Waals surface area contributed by atoms with E-state index >= 15 is 0 Å². The van der Waals surface area contributed by atoms with E-state index in [1.807, 2.05) is 6.07 Å². The molecule has 1 rings (SSSR count). The zero-order valence-electron chi connectivity index (χ0n) is 10.9. The summed E-state index contributed by atoms with van der Waals surface area (Å²) in [6.45, 7) is 2.19. The first kappa shape index (κ1) is 15.4. The van der Waals surface area contributed by atoms with Gasteiger partial charge in [-0.2, -0.15) is 5.26 Å². The van der Waals surface area contributed by atoms with Crippen LogP contribution in [0.1, 0.15) is 18.9 Å². The fourth-order valence-electron chi connectivity index (χ4n) is 1.55. The molecule has 0 radical (unpaired) electrons. The van der Waals surface area contributed by atoms with Crippen molar-refractivity contribution in [3.05, 3.63) is 23.8 Å². The molecule has 1 unspecified atom stereocenters. The first-order valence-electron chi connectivity index (χ1n) is 5.71. The Bertz CT molecular complexity index is 578. The standard InChI is InChI=1S/C12H17N3O3S/c1-9(5-6-18-2)15-19(16,17)12-4-3-11(14)7-10(12)8-13/h3-4,7,9,15H,5-6,14H2,1-2H3. The second kappa shape index (κ2) is 6.52. The molecule has 1 aromatic carbocycles. The summed E-state index contributed by atoms with van der Waals surface area (Å²) in [5.41, 5.74) is 5.91. The maximum Gasteiger partial charge on any atom is 0.242 e. The molecule has 0 heterocycles. The highest BCUT2D eigenvalue weighted by Gasteiger charge is 2.20. The number of nitrogens with zero attached hydrogens (tertiary/aromatic N) is 1. The number of nitrogens with one attached hydrogen (secondary N) is 1. The molecule has 0 aliphatic heterocycles. The molecule has 0 bridgehead atoms. The van der Waals surface area contributed by atoms with E-state index in [1.54, 1.807) is 14.0 Å². The number of hydrogen-bond acceptors (Lipinski definition) is 5. The van der Waals surface area contributed by atoms with Crippen LogP contribution in [0, 0.1) is 11.3 Å². The lowest BCUT2D eigenvalue weighted by atomic mass is 10.2. The number of ether oxygens (including phenoxy) is 1. The first-order valence-corrected chi connectivity index (χ1v) is 7.20. The fourth-order valence-corrected chi connectivity index (χ4v) is 2.97. The predicted molar refractivity (Wildman–Crippen MR) is 71.8 cm³/mol. The highest BCUT2D eigenvalue weighted by atomic mass is 32.2. The minimum atomic E-state index is -3.73. The Labute approximate surface area is 113 Å². The number of nitrogen functional groups attached to an aromatic ring is 1. The van der Waals surface area contributed by atoms with Crippen LogP contribution in [0.5, 0.6) is 0 Å². The topological polar surface area (TPSA) is 105 Å². The van der Waals surface area contributed by atoms with Gasteiger partial charge in [-0.05, 0) is 31.5 Å². The number of sulfonamides is 1. The van der Waals surface area contributed by atoms with Crippen LogP contribution in [-0.4, -0.2) is 28.2 Å². The molecular weight excluding hydrogens is 266 g/mol. The van der Waals surface area contributed by atoms with Crippen LogP contribution in [0.2, 0.25) is 0 Å². The Kier molecular flexibility index (Phi) is 5.30. The minimum Gasteiger partial charge on any atom is -0.399 e. The number of anilines is 1. The number of nitrogens with two attached hydrogens (primary N) is 1. The molecule has 1 aromatic rings. The molecule has 0 amide bonds. The van der Waals surface area contributed by atoms with E-state index < -0.39 is 10.0 Å². The van der Waals surface area contributed by atoms with Crippen molar-refractivity contribution in [2.75, 3.05) is 19.5 Å². The average Bonchev–Trinajstić information content (AvgIpc) is 2.35. The molecule has 1 atom stereocenters. The van der Waals surface area contributed by atoms with Gasteiger partial charge in [0.15, 0.2) is 0 Å². The van der Waals surface area contributed by atoms with Gasteiger partial charge in [0.05, 0.1) is 10.5 Å². The van der Waals surface area contributed by atoms with E-state index in [-0.39, 0.29) is 16.5 Å². The summed E-state index contributed by atoms with van der Waals surface area (Å²) in [5.74, 6) is 0. The lowest BCUT2D eigenvalue weighted by molar-refractivity contribution is 0.188. The highest BCUT2D eigenvalue weighted by molar-refractivity contribution is 7.89. The van der Waals surface area contributed by atoms with Crippen LogP contribution in [0.3, 0.4) is 0 Å². The van der Waals surface area contributed by atoms with Gasteiger partial charge in [-0.25, -0.2) is 13.1 Å². The minimum absolute atomic E-state index is 0.0337. The van der Waals surface area contributed by atoms with Gasteiger partial charge in [0.2, 0.25) is 10.0 Å². The summed E-state index contributed by atoms with van der Waals surface area (Å²) < 4.78 is 31.7. The van der Waals surface area contributed by atoms with Crippen molar-refractivity contribution in [2.45, 2.75) is 24.3 Å². The van der Waals surface area contributed by atoms with E-state index in [1.165, 1.54) is 18.2 Å². The largest absolute Gasteiger partial charge is 0.399 e. The molecule has 6 nitrogen and oxygen atoms in total. The van der Waals surface area contributed by atoms with E-state index in [0.717, 1.165) is 0 Å². The maximum atomic E-state index is 12.2. The van der Waals surface area contributed by atoms with Gasteiger partial charge in [0.25, 0.3) is 0 Å². The Morgan fingerprint density at radius 3 is 2.79 bits per heavy atom. The van der Waals surface area contributed by atoms with E-state index in [4.69, 9.17) is 15.7 Å². The molecule has 0 saturated carbocycles. The predicted octanol–water partition coefficient (Wildman–Crippen LogP) is 0.844. The van der Waals surface area contributed by atoms with Crippen molar-refractivity contribution in [1.82, 2.24) is 4.72 Å². The summed E-state index contributed by atoms with van der Waals surface area (Å²) in [7, 11) is -2.18. The van der Waals surface area contributed by atoms with Crippen molar-refractivity contribution >= 4 is 15.7 Å². The van der Waals surface area contributed by atoms with Crippen molar-refractivity contribution < 1.29 is 13.2 Å². The van der Waals surface area contributed by atoms with Gasteiger partial charge in [0.1, 0.15) is 6.07 Å². The monoisotopic (exact) mass is 283 g/mol. The Morgan fingerprint density at radius 2 is 2.21 bits per heavy atom. The van der Waals surface area contributed by atoms with Crippen LogP contribution in [0.15, 0.2) is 23.1 Å². The highest BCUT2D eigenvalue weighted by Crippen LogP contribution is 2.18. The van der Waals surface area contributed by atoms with E-state index in [9.17, 15) is 8.42 Å². The second-order valence-corrected chi connectivity index (χ2v) is 5.85. The molecule has 0 spiro atoms. The summed E-state index contributed by atoms with van der Waals surface area (Å²) >= 11 is 0. The molecule has 3 N–H and O–H groups in total. The number of rotatable bonds is 6. The number of nitriles is 1. The number of methoxy groups -OCH3 is 1. The quantitative estimate of drug-likeness (QED) is 0.753. The summed E-state index contributed by atoms with van der Waals surface area (Å²) in [6, 6.07) is 5.68. The molecule has 0 aliphatic rings. The summed E-state index contributed by atoms with van der Waals surface area (Å²) in [5, 5.41) is 8.96. The zero-order chi connectivity index (χ0) is 14.5. The smallest absolute Gasteiger partial charge is 0.242 e. The maximum absolute atomic E-state index is 12.2. The molecular formula is C12H17N3O3S. The van der Waals surface area contributed by atoms with Crippen LogP contribution in [-0.2, 0) is 14.8 Å². The first-order chi connectivity index (χ1) is 8.90. The van der Waals surface area contributed by atoms with Crippen LogP contribution in [0.25, 0.3) is 0 Å². The number of benzene rings is 1. The SMILES string of the molecule is COCCC(C)NS(=O)(=O)c1ccc(N)cc1C#N. The third-order valence-corrected chi connectivity index (χ3v) is 4.17. The van der Waals surface area contributed by atoms with Gasteiger partial charge >= 0.3 is 0 Å². The van der Waals surface area contributed by atoms with E-state index in [2.05, 4.69) is 4.72 Å².